The number of nitrogens with two attached hydrogens (primary N) is 1. The van der Waals surface area contributed by atoms with Gasteiger partial charge in [-0.25, -0.2) is 0 Å². The molecule has 0 aromatic heterocycles. The smallest absolute Gasteiger partial charge is 0.308 e. The van der Waals surface area contributed by atoms with E-state index in [4.69, 9.17) is 10.8 Å². The molecule has 1 amide bonds. The Morgan fingerprint density at radius 1 is 1.11 bits per heavy atom. The molecule has 0 aromatic carbocycles. The predicted octanol–water partition coefficient (Wildman–Crippen LogP) is 1.22. The van der Waals surface area contributed by atoms with Crippen LogP contribution in [0.2, 0.25) is 0 Å². The van der Waals surface area contributed by atoms with Crippen molar-refractivity contribution in [3.8, 4) is 0 Å². The first-order chi connectivity index (χ1) is 9.02. The summed E-state index contributed by atoms with van der Waals surface area (Å²) in [5.41, 5.74) is 6.12. The third-order valence-electron chi connectivity index (χ3n) is 4.74. The molecule has 1 saturated carbocycles. The molecule has 4 unspecified atom stereocenters. The second kappa shape index (κ2) is 5.90. The van der Waals surface area contributed by atoms with Crippen LogP contribution < -0.4 is 5.73 Å². The SMILES string of the molecule is CC1C(C(=O)O)CCN1C(=O)C1CCCCCC1N. The van der Waals surface area contributed by atoms with Gasteiger partial charge in [-0.05, 0) is 26.2 Å². The standard InChI is InChI=1S/C14H24N2O3/c1-9-10(14(18)19)7-8-16(9)13(17)11-5-3-2-4-6-12(11)15/h9-12H,2-8,15H2,1H3,(H,18,19). The molecule has 2 fully saturated rings. The Morgan fingerprint density at radius 2 is 1.79 bits per heavy atom. The number of nitrogens with zero attached hydrogens (tertiary/aromatic N) is 1. The highest BCUT2D eigenvalue weighted by Gasteiger charge is 2.41. The van der Waals surface area contributed by atoms with Crippen molar-refractivity contribution < 1.29 is 14.7 Å². The summed E-state index contributed by atoms with van der Waals surface area (Å²) in [4.78, 5) is 25.5. The first-order valence-corrected chi connectivity index (χ1v) is 7.31. The van der Waals surface area contributed by atoms with E-state index in [-0.39, 0.29) is 23.9 Å². The molecule has 5 heteroatoms. The lowest BCUT2D eigenvalue weighted by molar-refractivity contribution is -0.143. The Morgan fingerprint density at radius 3 is 2.42 bits per heavy atom. The Bertz CT molecular complexity index is 359. The van der Waals surface area contributed by atoms with Gasteiger partial charge in [0.1, 0.15) is 0 Å². The maximum atomic E-state index is 12.6. The van der Waals surface area contributed by atoms with Gasteiger partial charge in [0.15, 0.2) is 0 Å². The van der Waals surface area contributed by atoms with E-state index in [0.717, 1.165) is 32.1 Å². The maximum absolute atomic E-state index is 12.6. The van der Waals surface area contributed by atoms with Gasteiger partial charge in [0.25, 0.3) is 0 Å². The molecule has 108 valence electrons. The van der Waals surface area contributed by atoms with Gasteiger partial charge in [-0.2, -0.15) is 0 Å². The van der Waals surface area contributed by atoms with Gasteiger partial charge in [0, 0.05) is 18.6 Å². The minimum Gasteiger partial charge on any atom is -0.481 e. The van der Waals surface area contributed by atoms with Crippen molar-refractivity contribution in [1.82, 2.24) is 4.90 Å². The van der Waals surface area contributed by atoms with Crippen LogP contribution in [0.15, 0.2) is 0 Å². The van der Waals surface area contributed by atoms with Crippen molar-refractivity contribution in [3.63, 3.8) is 0 Å². The van der Waals surface area contributed by atoms with Crippen LogP contribution >= 0.6 is 0 Å². The summed E-state index contributed by atoms with van der Waals surface area (Å²) in [6, 6.07) is -0.272. The van der Waals surface area contributed by atoms with Gasteiger partial charge < -0.3 is 15.7 Å². The molecule has 19 heavy (non-hydrogen) atoms. The molecule has 0 aromatic rings. The fourth-order valence-electron chi connectivity index (χ4n) is 3.44. The molecule has 4 atom stereocenters. The third-order valence-corrected chi connectivity index (χ3v) is 4.74. The molecule has 2 rings (SSSR count). The van der Waals surface area contributed by atoms with E-state index in [9.17, 15) is 9.59 Å². The fraction of sp³-hybridized carbons (Fsp3) is 0.857. The van der Waals surface area contributed by atoms with Crippen LogP contribution in [0.5, 0.6) is 0 Å². The van der Waals surface area contributed by atoms with Gasteiger partial charge in [-0.3, -0.25) is 9.59 Å². The van der Waals surface area contributed by atoms with E-state index >= 15 is 0 Å². The summed E-state index contributed by atoms with van der Waals surface area (Å²) in [5.74, 6) is -1.26. The zero-order valence-electron chi connectivity index (χ0n) is 11.5. The molecule has 3 N–H and O–H groups in total. The maximum Gasteiger partial charge on any atom is 0.308 e. The zero-order chi connectivity index (χ0) is 14.0. The molecule has 0 spiro atoms. The zero-order valence-corrected chi connectivity index (χ0v) is 11.5. The minimum atomic E-state index is -0.798. The molecule has 1 heterocycles. The van der Waals surface area contributed by atoms with E-state index in [1.807, 2.05) is 6.92 Å². The second-order valence-corrected chi connectivity index (χ2v) is 5.91. The van der Waals surface area contributed by atoms with Crippen LogP contribution in [0.3, 0.4) is 0 Å². The van der Waals surface area contributed by atoms with Gasteiger partial charge in [-0.1, -0.05) is 19.3 Å². The molecule has 1 aliphatic heterocycles. The third kappa shape index (κ3) is 2.91. The average molecular weight is 268 g/mol. The van der Waals surface area contributed by atoms with E-state index in [1.54, 1.807) is 4.90 Å². The molecule has 0 radical (unpaired) electrons. The van der Waals surface area contributed by atoms with Crippen LogP contribution in [0, 0.1) is 11.8 Å². The van der Waals surface area contributed by atoms with Crippen LogP contribution in [-0.2, 0) is 9.59 Å². The molecule has 2 aliphatic rings. The highest BCUT2D eigenvalue weighted by atomic mass is 16.4. The number of hydrogen-bond donors (Lipinski definition) is 2. The number of carbonyl (C=O) groups excluding carboxylic acids is 1. The number of carbonyl (C=O) groups is 2. The Labute approximate surface area is 114 Å². The van der Waals surface area contributed by atoms with Crippen molar-refractivity contribution in [1.29, 1.82) is 0 Å². The monoisotopic (exact) mass is 268 g/mol. The Kier molecular flexibility index (Phi) is 4.45. The van der Waals surface area contributed by atoms with E-state index in [2.05, 4.69) is 0 Å². The minimum absolute atomic E-state index is 0.0638. The van der Waals surface area contributed by atoms with Gasteiger partial charge in [0.05, 0.1) is 11.8 Å². The lowest BCUT2D eigenvalue weighted by Gasteiger charge is -2.30. The van der Waals surface area contributed by atoms with Crippen LogP contribution in [-0.4, -0.2) is 40.5 Å². The Hall–Kier alpha value is -1.10. The number of carboxylic acid groups (broad SMARTS) is 1. The molecule has 0 bridgehead atoms. The summed E-state index contributed by atoms with van der Waals surface area (Å²) in [5, 5.41) is 9.13. The molecule has 1 aliphatic carbocycles. The van der Waals surface area contributed by atoms with E-state index < -0.39 is 11.9 Å². The van der Waals surface area contributed by atoms with Crippen molar-refractivity contribution >= 4 is 11.9 Å². The number of amides is 1. The first-order valence-electron chi connectivity index (χ1n) is 7.31. The highest BCUT2D eigenvalue weighted by Crippen LogP contribution is 2.30. The van der Waals surface area contributed by atoms with Crippen molar-refractivity contribution in [3.05, 3.63) is 0 Å². The van der Waals surface area contributed by atoms with Crippen LogP contribution in [0.4, 0.5) is 0 Å². The topological polar surface area (TPSA) is 83.6 Å². The summed E-state index contributed by atoms with van der Waals surface area (Å²) < 4.78 is 0. The van der Waals surface area contributed by atoms with Crippen molar-refractivity contribution in [2.45, 2.75) is 57.5 Å². The van der Waals surface area contributed by atoms with Gasteiger partial charge >= 0.3 is 5.97 Å². The molecular weight excluding hydrogens is 244 g/mol. The largest absolute Gasteiger partial charge is 0.481 e. The van der Waals surface area contributed by atoms with E-state index in [1.165, 1.54) is 0 Å². The van der Waals surface area contributed by atoms with Crippen LogP contribution in [0.1, 0.15) is 45.4 Å². The fourth-order valence-corrected chi connectivity index (χ4v) is 3.44. The van der Waals surface area contributed by atoms with Crippen molar-refractivity contribution in [2.24, 2.45) is 17.6 Å². The quantitative estimate of drug-likeness (QED) is 0.737. The normalized spacial score (nSPS) is 36.0. The number of carboxylic acids is 1. The van der Waals surface area contributed by atoms with E-state index in [0.29, 0.717) is 13.0 Å². The number of rotatable bonds is 2. The number of hydrogen-bond acceptors (Lipinski definition) is 3. The molecular formula is C14H24N2O3. The van der Waals surface area contributed by atoms with Gasteiger partial charge in [0.2, 0.25) is 5.91 Å². The molecule has 1 saturated heterocycles. The number of aliphatic carboxylic acids is 1. The summed E-state index contributed by atoms with van der Waals surface area (Å²) in [6.07, 6.45) is 5.60. The Balaban J connectivity index is 2.05. The summed E-state index contributed by atoms with van der Waals surface area (Å²) >= 11 is 0. The van der Waals surface area contributed by atoms with Crippen molar-refractivity contribution in [2.75, 3.05) is 6.54 Å². The second-order valence-electron chi connectivity index (χ2n) is 5.91. The first kappa shape index (κ1) is 14.3. The lowest BCUT2D eigenvalue weighted by atomic mass is 9.93. The highest BCUT2D eigenvalue weighted by molar-refractivity contribution is 5.82. The predicted molar refractivity (Wildman–Crippen MR) is 71.5 cm³/mol. The molecule has 5 nitrogen and oxygen atoms in total. The average Bonchev–Trinajstić information content (AvgIpc) is 2.61. The van der Waals surface area contributed by atoms with Gasteiger partial charge in [-0.15, -0.1) is 0 Å². The lowest BCUT2D eigenvalue weighted by Crippen LogP contribution is -2.46. The van der Waals surface area contributed by atoms with Crippen LogP contribution in [0.25, 0.3) is 0 Å². The number of likely N-dealkylation sites (tertiary alicyclic amines) is 1. The summed E-state index contributed by atoms with van der Waals surface area (Å²) in [6.45, 7) is 2.39. The summed E-state index contributed by atoms with van der Waals surface area (Å²) in [7, 11) is 0.